The van der Waals surface area contributed by atoms with Gasteiger partial charge >= 0.3 is 0 Å². The molecule has 0 saturated heterocycles. The molecule has 0 spiro atoms. The molecule has 0 radical (unpaired) electrons. The second kappa shape index (κ2) is 9.36. The molecule has 188 valence electrons. The highest BCUT2D eigenvalue weighted by Crippen LogP contribution is 2.47. The molecule has 0 saturated carbocycles. The van der Waals surface area contributed by atoms with Gasteiger partial charge in [0, 0.05) is 5.92 Å². The van der Waals surface area contributed by atoms with Crippen molar-refractivity contribution in [1.29, 1.82) is 0 Å². The van der Waals surface area contributed by atoms with Gasteiger partial charge in [-0.05, 0) is 90.2 Å². The maximum absolute atomic E-state index is 2.50. The Morgan fingerprint density at radius 2 is 1.20 bits per heavy atom. The van der Waals surface area contributed by atoms with Crippen LogP contribution in [0, 0.1) is 5.92 Å². The molecule has 40 heavy (non-hydrogen) atoms. The Morgan fingerprint density at radius 1 is 0.500 bits per heavy atom. The zero-order valence-corrected chi connectivity index (χ0v) is 22.2. The van der Waals surface area contributed by atoms with Gasteiger partial charge in [-0.3, -0.25) is 0 Å². The summed E-state index contributed by atoms with van der Waals surface area (Å²) in [5, 5.41) is 5.12. The molecule has 0 amide bonds. The van der Waals surface area contributed by atoms with Crippen LogP contribution in [0.3, 0.4) is 0 Å². The molecular weight excluding hydrogens is 480 g/mol. The topological polar surface area (TPSA) is 0 Å². The standard InChI is InChI=1S/C40H28/c1-2-12-29-24-33(23-22-27(29)10-1)37-20-9-21-38-39(26-32-13-4-6-18-36(32)40(37)38)31-16-7-15-30(25-31)35-19-8-14-28-11-3-5-17-34(28)35/h1-12,14-26,32H,13H2. The molecule has 1 atom stereocenters. The van der Waals surface area contributed by atoms with Gasteiger partial charge in [0.25, 0.3) is 0 Å². The van der Waals surface area contributed by atoms with Crippen molar-refractivity contribution in [3.8, 4) is 22.3 Å². The minimum Gasteiger partial charge on any atom is -0.0836 e. The van der Waals surface area contributed by atoms with Crippen LogP contribution in [0.15, 0.2) is 152 Å². The number of hydrogen-bond donors (Lipinski definition) is 0. The lowest BCUT2D eigenvalue weighted by Gasteiger charge is -2.31. The molecular formula is C40H28. The van der Waals surface area contributed by atoms with Crippen molar-refractivity contribution in [3.63, 3.8) is 0 Å². The van der Waals surface area contributed by atoms with E-state index in [1.165, 1.54) is 71.6 Å². The van der Waals surface area contributed by atoms with E-state index in [9.17, 15) is 0 Å². The van der Waals surface area contributed by atoms with Crippen LogP contribution in [0.4, 0.5) is 0 Å². The van der Waals surface area contributed by atoms with Gasteiger partial charge in [-0.15, -0.1) is 0 Å². The van der Waals surface area contributed by atoms with Gasteiger partial charge in [-0.25, -0.2) is 0 Å². The van der Waals surface area contributed by atoms with E-state index in [-0.39, 0.29) is 0 Å². The Bertz CT molecular complexity index is 2030. The molecule has 6 aromatic rings. The first-order valence-electron chi connectivity index (χ1n) is 14.1. The van der Waals surface area contributed by atoms with Gasteiger partial charge in [0.2, 0.25) is 0 Å². The summed E-state index contributed by atoms with van der Waals surface area (Å²) in [6, 6.07) is 46.8. The lowest BCUT2D eigenvalue weighted by Crippen LogP contribution is -2.12. The fourth-order valence-corrected chi connectivity index (χ4v) is 6.63. The summed E-state index contributed by atoms with van der Waals surface area (Å²) in [6.45, 7) is 0. The summed E-state index contributed by atoms with van der Waals surface area (Å²) >= 11 is 0. The average Bonchev–Trinajstić information content (AvgIpc) is 3.03. The number of rotatable bonds is 3. The average molecular weight is 509 g/mol. The second-order valence-corrected chi connectivity index (χ2v) is 10.9. The minimum absolute atomic E-state index is 0.371. The van der Waals surface area contributed by atoms with Crippen molar-refractivity contribution in [3.05, 3.63) is 168 Å². The molecule has 0 aromatic heterocycles. The molecule has 2 aliphatic carbocycles. The molecule has 0 N–H and O–H groups in total. The van der Waals surface area contributed by atoms with Crippen molar-refractivity contribution >= 4 is 32.7 Å². The first-order chi connectivity index (χ1) is 19.8. The van der Waals surface area contributed by atoms with Crippen LogP contribution in [-0.2, 0) is 0 Å². The summed E-state index contributed by atoms with van der Waals surface area (Å²) in [4.78, 5) is 0. The molecule has 0 aliphatic heterocycles. The molecule has 6 aromatic carbocycles. The molecule has 8 rings (SSSR count). The van der Waals surface area contributed by atoms with Crippen LogP contribution >= 0.6 is 0 Å². The van der Waals surface area contributed by atoms with Crippen molar-refractivity contribution in [2.45, 2.75) is 6.42 Å². The van der Waals surface area contributed by atoms with E-state index in [1.807, 2.05) is 0 Å². The van der Waals surface area contributed by atoms with Crippen molar-refractivity contribution in [1.82, 2.24) is 0 Å². The zero-order valence-electron chi connectivity index (χ0n) is 22.2. The van der Waals surface area contributed by atoms with Crippen LogP contribution in [0.5, 0.6) is 0 Å². The van der Waals surface area contributed by atoms with Crippen molar-refractivity contribution in [2.75, 3.05) is 0 Å². The monoisotopic (exact) mass is 508 g/mol. The number of fused-ring (bicyclic) bond motifs is 5. The van der Waals surface area contributed by atoms with Crippen LogP contribution in [0.25, 0.3) is 54.9 Å². The van der Waals surface area contributed by atoms with Gasteiger partial charge in [-0.1, -0.05) is 140 Å². The highest BCUT2D eigenvalue weighted by molar-refractivity contribution is 6.01. The molecule has 2 aliphatic rings. The third-order valence-electron chi connectivity index (χ3n) is 8.55. The lowest BCUT2D eigenvalue weighted by atomic mass is 9.73. The summed E-state index contributed by atoms with van der Waals surface area (Å²) in [5.74, 6) is 0.371. The molecule has 1 unspecified atom stereocenters. The third-order valence-corrected chi connectivity index (χ3v) is 8.55. The normalized spacial score (nSPS) is 15.8. The maximum Gasteiger partial charge on any atom is 0.00683 e. The van der Waals surface area contributed by atoms with Gasteiger partial charge in [-0.2, -0.15) is 0 Å². The van der Waals surface area contributed by atoms with Crippen molar-refractivity contribution in [2.24, 2.45) is 5.92 Å². The number of benzene rings is 6. The van der Waals surface area contributed by atoms with Gasteiger partial charge in [0.15, 0.2) is 0 Å². The van der Waals surface area contributed by atoms with E-state index in [0.29, 0.717) is 5.92 Å². The lowest BCUT2D eigenvalue weighted by molar-refractivity contribution is 0.839. The van der Waals surface area contributed by atoms with E-state index >= 15 is 0 Å². The Hall–Kier alpha value is -4.94. The highest BCUT2D eigenvalue weighted by atomic mass is 14.3. The predicted octanol–water partition coefficient (Wildman–Crippen LogP) is 10.7. The summed E-state index contributed by atoms with van der Waals surface area (Å²) in [7, 11) is 0. The molecule has 0 fully saturated rings. The number of allylic oxidation sites excluding steroid dienone is 5. The Balaban J connectivity index is 1.32. The van der Waals surface area contributed by atoms with Gasteiger partial charge in [0.05, 0.1) is 0 Å². The summed E-state index contributed by atoms with van der Waals surface area (Å²) < 4.78 is 0. The van der Waals surface area contributed by atoms with E-state index in [4.69, 9.17) is 0 Å². The fraction of sp³-hybridized carbons (Fsp3) is 0.0500. The van der Waals surface area contributed by atoms with E-state index in [1.54, 1.807) is 0 Å². The predicted molar refractivity (Wildman–Crippen MR) is 171 cm³/mol. The second-order valence-electron chi connectivity index (χ2n) is 10.9. The quantitative estimate of drug-likeness (QED) is 0.223. The largest absolute Gasteiger partial charge is 0.0836 e. The Kier molecular flexibility index (Phi) is 5.38. The summed E-state index contributed by atoms with van der Waals surface area (Å²) in [5.41, 5.74) is 11.8. The first-order valence-corrected chi connectivity index (χ1v) is 14.1. The van der Waals surface area contributed by atoms with E-state index in [0.717, 1.165) is 6.42 Å². The molecule has 0 heteroatoms. The highest BCUT2D eigenvalue weighted by Gasteiger charge is 2.28. The van der Waals surface area contributed by atoms with Gasteiger partial charge < -0.3 is 0 Å². The van der Waals surface area contributed by atoms with Crippen LogP contribution < -0.4 is 0 Å². The summed E-state index contributed by atoms with van der Waals surface area (Å²) in [6.07, 6.45) is 10.4. The Morgan fingerprint density at radius 3 is 2.15 bits per heavy atom. The fourth-order valence-electron chi connectivity index (χ4n) is 6.63. The molecule has 0 nitrogen and oxygen atoms in total. The van der Waals surface area contributed by atoms with Crippen LogP contribution in [0.2, 0.25) is 0 Å². The third kappa shape index (κ3) is 3.76. The molecule has 0 heterocycles. The minimum atomic E-state index is 0.371. The molecule has 0 bridgehead atoms. The zero-order chi connectivity index (χ0) is 26.5. The smallest absolute Gasteiger partial charge is 0.00683 e. The number of hydrogen-bond acceptors (Lipinski definition) is 0. The van der Waals surface area contributed by atoms with E-state index < -0.39 is 0 Å². The van der Waals surface area contributed by atoms with Crippen LogP contribution in [-0.4, -0.2) is 0 Å². The van der Waals surface area contributed by atoms with E-state index in [2.05, 4.69) is 152 Å². The van der Waals surface area contributed by atoms with Crippen LogP contribution in [0.1, 0.15) is 23.1 Å². The Labute approximate surface area is 235 Å². The van der Waals surface area contributed by atoms with Gasteiger partial charge in [0.1, 0.15) is 0 Å². The SMILES string of the molecule is C1=CCC2C=C(c3cccc(-c4cccc5ccccc45)c3)c3cccc(-c4ccc5ccccc5c4)c3C2=C1. The van der Waals surface area contributed by atoms with Crippen molar-refractivity contribution < 1.29 is 0 Å². The first kappa shape index (κ1) is 23.0. The maximum atomic E-state index is 2.50.